The van der Waals surface area contributed by atoms with Crippen LogP contribution >= 0.6 is 0 Å². The molecule has 0 saturated carbocycles. The molecule has 0 bridgehead atoms. The first-order valence-electron chi connectivity index (χ1n) is 5.46. The van der Waals surface area contributed by atoms with Gasteiger partial charge in [-0.1, -0.05) is 51.1 Å². The smallest absolute Gasteiger partial charge is 0.00176 e. The first kappa shape index (κ1) is 11.3. The molecule has 0 spiro atoms. The third-order valence-corrected chi connectivity index (χ3v) is 2.37. The highest BCUT2D eigenvalue weighted by atomic mass is 14.9. The van der Waals surface area contributed by atoms with E-state index in [1.54, 1.807) is 0 Å². The van der Waals surface area contributed by atoms with Gasteiger partial charge in [-0.2, -0.15) is 0 Å². The Labute approximate surface area is 87.5 Å². The molecule has 0 amide bonds. The number of nitrogens with one attached hydrogen (secondary N) is 1. The van der Waals surface area contributed by atoms with Crippen LogP contribution in [-0.4, -0.2) is 13.1 Å². The van der Waals surface area contributed by atoms with Crippen molar-refractivity contribution in [3.8, 4) is 0 Å². The molecule has 1 nitrogen and oxygen atoms in total. The van der Waals surface area contributed by atoms with Gasteiger partial charge in [0, 0.05) is 6.54 Å². The summed E-state index contributed by atoms with van der Waals surface area (Å²) in [5.41, 5.74) is 1.42. The topological polar surface area (TPSA) is 12.0 Å². The van der Waals surface area contributed by atoms with Gasteiger partial charge >= 0.3 is 0 Å². The highest BCUT2D eigenvalue weighted by molar-refractivity contribution is 5.18. The van der Waals surface area contributed by atoms with Gasteiger partial charge in [0.1, 0.15) is 0 Å². The van der Waals surface area contributed by atoms with Crippen molar-refractivity contribution < 1.29 is 0 Å². The Hall–Kier alpha value is -0.820. The molecule has 0 saturated heterocycles. The fraction of sp³-hybridized carbons (Fsp3) is 0.538. The summed E-state index contributed by atoms with van der Waals surface area (Å²) in [5, 5.41) is 3.48. The number of benzene rings is 1. The summed E-state index contributed by atoms with van der Waals surface area (Å²) < 4.78 is 0. The van der Waals surface area contributed by atoms with Crippen LogP contribution < -0.4 is 5.32 Å². The third kappa shape index (κ3) is 3.93. The van der Waals surface area contributed by atoms with Gasteiger partial charge in [0.15, 0.2) is 0 Å². The Kier molecular flexibility index (Phi) is 4.68. The summed E-state index contributed by atoms with van der Waals surface area (Å²) in [6, 6.07) is 10.7. The Balaban J connectivity index is 2.32. The van der Waals surface area contributed by atoms with Crippen LogP contribution in [0.5, 0.6) is 0 Å². The lowest BCUT2D eigenvalue weighted by Gasteiger charge is -2.14. The molecule has 0 radical (unpaired) electrons. The second-order valence-electron chi connectivity index (χ2n) is 4.36. The molecule has 0 aliphatic heterocycles. The Morgan fingerprint density at radius 1 is 1.00 bits per heavy atom. The van der Waals surface area contributed by atoms with Crippen LogP contribution in [0, 0.1) is 5.92 Å². The standard InChI is InChI=1S/C13H21N/c1-11(2)9-14-10-12(3)13-7-5-4-6-8-13/h4-8,11-12,14H,9-10H2,1-3H3/t12-/m0/s1. The lowest BCUT2D eigenvalue weighted by molar-refractivity contribution is 0.529. The summed E-state index contributed by atoms with van der Waals surface area (Å²) in [4.78, 5) is 0. The predicted molar refractivity (Wildman–Crippen MR) is 62.6 cm³/mol. The summed E-state index contributed by atoms with van der Waals surface area (Å²) in [6.45, 7) is 8.92. The SMILES string of the molecule is CC(C)CNC[C@H](C)c1ccccc1. The van der Waals surface area contributed by atoms with Gasteiger partial charge in [0.05, 0.1) is 0 Å². The van der Waals surface area contributed by atoms with Gasteiger partial charge < -0.3 is 5.32 Å². The third-order valence-electron chi connectivity index (χ3n) is 2.37. The summed E-state index contributed by atoms with van der Waals surface area (Å²) in [5.74, 6) is 1.34. The second kappa shape index (κ2) is 5.82. The van der Waals surface area contributed by atoms with Gasteiger partial charge in [-0.3, -0.25) is 0 Å². The van der Waals surface area contributed by atoms with Gasteiger partial charge in [0.25, 0.3) is 0 Å². The van der Waals surface area contributed by atoms with Crippen molar-refractivity contribution in [1.29, 1.82) is 0 Å². The van der Waals surface area contributed by atoms with E-state index in [9.17, 15) is 0 Å². The van der Waals surface area contributed by atoms with E-state index in [4.69, 9.17) is 0 Å². The number of hydrogen-bond acceptors (Lipinski definition) is 1. The molecule has 1 N–H and O–H groups in total. The van der Waals surface area contributed by atoms with Crippen LogP contribution in [0.4, 0.5) is 0 Å². The first-order valence-corrected chi connectivity index (χ1v) is 5.46. The van der Waals surface area contributed by atoms with Crippen molar-refractivity contribution in [3.05, 3.63) is 35.9 Å². The van der Waals surface area contributed by atoms with E-state index < -0.39 is 0 Å². The zero-order valence-electron chi connectivity index (χ0n) is 9.46. The molecule has 1 aromatic rings. The summed E-state index contributed by atoms with van der Waals surface area (Å²) >= 11 is 0. The van der Waals surface area contributed by atoms with Crippen LogP contribution in [0.15, 0.2) is 30.3 Å². The Morgan fingerprint density at radius 2 is 1.64 bits per heavy atom. The molecular weight excluding hydrogens is 170 g/mol. The van der Waals surface area contributed by atoms with Crippen LogP contribution in [0.25, 0.3) is 0 Å². The first-order chi connectivity index (χ1) is 6.70. The van der Waals surface area contributed by atoms with Crippen LogP contribution in [0.2, 0.25) is 0 Å². The fourth-order valence-electron chi connectivity index (χ4n) is 1.49. The minimum absolute atomic E-state index is 0.606. The zero-order valence-corrected chi connectivity index (χ0v) is 9.46. The Bertz CT molecular complexity index is 241. The largest absolute Gasteiger partial charge is 0.316 e. The predicted octanol–water partition coefficient (Wildman–Crippen LogP) is 3.04. The average Bonchev–Trinajstić information content (AvgIpc) is 2.18. The molecule has 0 fully saturated rings. The van der Waals surface area contributed by atoms with E-state index in [0.29, 0.717) is 5.92 Å². The van der Waals surface area contributed by atoms with E-state index in [1.165, 1.54) is 5.56 Å². The highest BCUT2D eigenvalue weighted by Gasteiger charge is 2.03. The molecule has 0 aliphatic carbocycles. The second-order valence-corrected chi connectivity index (χ2v) is 4.36. The van der Waals surface area contributed by atoms with Crippen molar-refractivity contribution in [1.82, 2.24) is 5.32 Å². The molecule has 0 aromatic heterocycles. The van der Waals surface area contributed by atoms with Gasteiger partial charge in [-0.05, 0) is 23.9 Å². The lowest BCUT2D eigenvalue weighted by atomic mass is 10.0. The minimum Gasteiger partial charge on any atom is -0.316 e. The van der Waals surface area contributed by atoms with E-state index in [-0.39, 0.29) is 0 Å². The van der Waals surface area contributed by atoms with Crippen molar-refractivity contribution in [2.24, 2.45) is 5.92 Å². The maximum absolute atomic E-state index is 3.48. The molecule has 1 rings (SSSR count). The quantitative estimate of drug-likeness (QED) is 0.754. The molecular formula is C13H21N. The summed E-state index contributed by atoms with van der Waals surface area (Å²) in [6.07, 6.45) is 0. The lowest BCUT2D eigenvalue weighted by Crippen LogP contribution is -2.24. The van der Waals surface area contributed by atoms with Crippen LogP contribution in [0.3, 0.4) is 0 Å². The van der Waals surface area contributed by atoms with Crippen LogP contribution in [0.1, 0.15) is 32.3 Å². The maximum atomic E-state index is 3.48. The highest BCUT2D eigenvalue weighted by Crippen LogP contribution is 2.12. The maximum Gasteiger partial charge on any atom is 0.00176 e. The fourth-order valence-corrected chi connectivity index (χ4v) is 1.49. The number of hydrogen-bond donors (Lipinski definition) is 1. The van der Waals surface area contributed by atoms with Crippen LogP contribution in [-0.2, 0) is 0 Å². The molecule has 1 aromatic carbocycles. The normalized spacial score (nSPS) is 13.1. The van der Waals surface area contributed by atoms with E-state index >= 15 is 0 Å². The molecule has 1 atom stereocenters. The van der Waals surface area contributed by atoms with E-state index in [2.05, 4.69) is 56.4 Å². The molecule has 78 valence electrons. The Morgan fingerprint density at radius 3 is 2.21 bits per heavy atom. The van der Waals surface area contributed by atoms with Crippen molar-refractivity contribution in [3.63, 3.8) is 0 Å². The molecule has 1 heteroatoms. The average molecular weight is 191 g/mol. The minimum atomic E-state index is 0.606. The van der Waals surface area contributed by atoms with E-state index in [1.807, 2.05) is 0 Å². The molecule has 0 unspecified atom stereocenters. The monoisotopic (exact) mass is 191 g/mol. The molecule has 0 heterocycles. The van der Waals surface area contributed by atoms with Gasteiger partial charge in [-0.25, -0.2) is 0 Å². The summed E-state index contributed by atoms with van der Waals surface area (Å²) in [7, 11) is 0. The van der Waals surface area contributed by atoms with E-state index in [0.717, 1.165) is 19.0 Å². The van der Waals surface area contributed by atoms with Gasteiger partial charge in [-0.15, -0.1) is 0 Å². The number of rotatable bonds is 5. The zero-order chi connectivity index (χ0) is 10.4. The van der Waals surface area contributed by atoms with Crippen molar-refractivity contribution in [2.45, 2.75) is 26.7 Å². The van der Waals surface area contributed by atoms with Crippen molar-refractivity contribution >= 4 is 0 Å². The molecule has 0 aliphatic rings. The van der Waals surface area contributed by atoms with Crippen molar-refractivity contribution in [2.75, 3.05) is 13.1 Å². The molecule has 14 heavy (non-hydrogen) atoms. The van der Waals surface area contributed by atoms with Gasteiger partial charge in [0.2, 0.25) is 0 Å².